The first kappa shape index (κ1) is 14.3. The van der Waals surface area contributed by atoms with Crippen molar-refractivity contribution in [2.75, 3.05) is 25.0 Å². The monoisotopic (exact) mass is 272 g/mol. The summed E-state index contributed by atoms with van der Waals surface area (Å²) in [5.74, 6) is 1.47. The van der Waals surface area contributed by atoms with Crippen molar-refractivity contribution in [2.45, 2.75) is 13.8 Å². The number of benzene rings is 1. The zero-order valence-electron chi connectivity index (χ0n) is 11.9. The standard InChI is InChI=1S/C15H20N4O/c1-3-20-13-6-4-12(5-7-13)14-10-11(2)18-15(19-14)17-9-8-16/h4-7,10H,3,8-9,16H2,1-2H3,(H,17,18,19). The topological polar surface area (TPSA) is 73.1 Å². The fourth-order valence-corrected chi connectivity index (χ4v) is 1.87. The first-order valence-corrected chi connectivity index (χ1v) is 6.75. The van der Waals surface area contributed by atoms with Crippen molar-refractivity contribution in [3.8, 4) is 17.0 Å². The Bertz CT molecular complexity index is 554. The van der Waals surface area contributed by atoms with Crippen LogP contribution in [0.1, 0.15) is 12.6 Å². The number of ether oxygens (including phenoxy) is 1. The molecule has 0 saturated carbocycles. The van der Waals surface area contributed by atoms with Gasteiger partial charge in [-0.2, -0.15) is 0 Å². The van der Waals surface area contributed by atoms with E-state index in [1.54, 1.807) is 0 Å². The summed E-state index contributed by atoms with van der Waals surface area (Å²) < 4.78 is 5.44. The van der Waals surface area contributed by atoms with Gasteiger partial charge in [-0.1, -0.05) is 0 Å². The van der Waals surface area contributed by atoms with Gasteiger partial charge in [-0.25, -0.2) is 9.97 Å². The second kappa shape index (κ2) is 6.86. The molecule has 1 aromatic heterocycles. The number of nitrogens with two attached hydrogens (primary N) is 1. The minimum absolute atomic E-state index is 0.551. The molecule has 2 rings (SSSR count). The van der Waals surface area contributed by atoms with Crippen molar-refractivity contribution >= 4 is 5.95 Å². The van der Waals surface area contributed by atoms with Gasteiger partial charge in [0.1, 0.15) is 5.75 Å². The highest BCUT2D eigenvalue weighted by Gasteiger charge is 2.04. The number of nitrogens with zero attached hydrogens (tertiary/aromatic N) is 2. The van der Waals surface area contributed by atoms with E-state index < -0.39 is 0 Å². The molecule has 0 unspecified atom stereocenters. The van der Waals surface area contributed by atoms with Crippen LogP contribution in [0, 0.1) is 6.92 Å². The lowest BCUT2D eigenvalue weighted by molar-refractivity contribution is 0.340. The molecular formula is C15H20N4O. The van der Waals surface area contributed by atoms with E-state index in [-0.39, 0.29) is 0 Å². The summed E-state index contributed by atoms with van der Waals surface area (Å²) in [5, 5.41) is 3.11. The molecule has 20 heavy (non-hydrogen) atoms. The number of hydrogen-bond acceptors (Lipinski definition) is 5. The minimum Gasteiger partial charge on any atom is -0.494 e. The molecule has 0 atom stereocenters. The highest BCUT2D eigenvalue weighted by Crippen LogP contribution is 2.22. The van der Waals surface area contributed by atoms with E-state index in [0.717, 1.165) is 22.7 Å². The number of rotatable bonds is 6. The minimum atomic E-state index is 0.551. The summed E-state index contributed by atoms with van der Waals surface area (Å²) in [6, 6.07) is 9.86. The molecule has 5 nitrogen and oxygen atoms in total. The maximum absolute atomic E-state index is 5.48. The molecule has 0 saturated heterocycles. The van der Waals surface area contributed by atoms with Crippen LogP contribution >= 0.6 is 0 Å². The van der Waals surface area contributed by atoms with Gasteiger partial charge in [0.25, 0.3) is 0 Å². The Hall–Kier alpha value is -2.14. The van der Waals surface area contributed by atoms with Crippen LogP contribution in [-0.4, -0.2) is 29.7 Å². The Balaban J connectivity index is 2.24. The SMILES string of the molecule is CCOc1ccc(-c2cc(C)nc(NCCN)n2)cc1. The largest absolute Gasteiger partial charge is 0.494 e. The van der Waals surface area contributed by atoms with Crippen LogP contribution in [0.15, 0.2) is 30.3 Å². The number of anilines is 1. The number of nitrogens with one attached hydrogen (secondary N) is 1. The van der Waals surface area contributed by atoms with Gasteiger partial charge >= 0.3 is 0 Å². The number of aryl methyl sites for hydroxylation is 1. The third-order valence-electron chi connectivity index (χ3n) is 2.74. The molecule has 2 aromatic rings. The Morgan fingerprint density at radius 1 is 1.20 bits per heavy atom. The molecule has 0 aliphatic rings. The lowest BCUT2D eigenvalue weighted by Crippen LogP contribution is -2.15. The van der Waals surface area contributed by atoms with Gasteiger partial charge in [0, 0.05) is 24.3 Å². The lowest BCUT2D eigenvalue weighted by atomic mass is 10.1. The lowest BCUT2D eigenvalue weighted by Gasteiger charge is -2.08. The molecule has 1 aromatic carbocycles. The van der Waals surface area contributed by atoms with Crippen LogP contribution in [0.25, 0.3) is 11.3 Å². The maximum Gasteiger partial charge on any atom is 0.223 e. The van der Waals surface area contributed by atoms with Gasteiger partial charge < -0.3 is 15.8 Å². The van der Waals surface area contributed by atoms with Crippen LogP contribution in [0.3, 0.4) is 0 Å². The molecule has 0 spiro atoms. The zero-order chi connectivity index (χ0) is 14.4. The molecule has 5 heteroatoms. The number of hydrogen-bond donors (Lipinski definition) is 2. The van der Waals surface area contributed by atoms with Gasteiger partial charge in [-0.15, -0.1) is 0 Å². The Morgan fingerprint density at radius 3 is 2.60 bits per heavy atom. The summed E-state index contributed by atoms with van der Waals surface area (Å²) in [6.07, 6.45) is 0. The van der Waals surface area contributed by atoms with E-state index in [2.05, 4.69) is 15.3 Å². The number of aromatic nitrogens is 2. The molecule has 0 amide bonds. The Morgan fingerprint density at radius 2 is 1.95 bits per heavy atom. The predicted molar refractivity (Wildman–Crippen MR) is 80.9 cm³/mol. The summed E-state index contributed by atoms with van der Waals surface area (Å²) in [5.41, 5.74) is 8.32. The fraction of sp³-hybridized carbons (Fsp3) is 0.333. The second-order valence-corrected chi connectivity index (χ2v) is 4.39. The van der Waals surface area contributed by atoms with E-state index in [1.807, 2.05) is 44.2 Å². The van der Waals surface area contributed by atoms with Crippen LogP contribution in [0.2, 0.25) is 0 Å². The first-order chi connectivity index (χ1) is 9.72. The highest BCUT2D eigenvalue weighted by atomic mass is 16.5. The summed E-state index contributed by atoms with van der Waals surface area (Å²) in [4.78, 5) is 8.84. The van der Waals surface area contributed by atoms with Gasteiger partial charge in [-0.3, -0.25) is 0 Å². The maximum atomic E-state index is 5.48. The average molecular weight is 272 g/mol. The van der Waals surface area contributed by atoms with E-state index in [0.29, 0.717) is 25.6 Å². The van der Waals surface area contributed by atoms with Crippen LogP contribution in [-0.2, 0) is 0 Å². The summed E-state index contributed by atoms with van der Waals surface area (Å²) in [6.45, 7) is 5.80. The van der Waals surface area contributed by atoms with E-state index in [1.165, 1.54) is 0 Å². The van der Waals surface area contributed by atoms with Crippen molar-refractivity contribution in [3.05, 3.63) is 36.0 Å². The first-order valence-electron chi connectivity index (χ1n) is 6.75. The Labute approximate surface area is 119 Å². The zero-order valence-corrected chi connectivity index (χ0v) is 11.9. The van der Waals surface area contributed by atoms with E-state index in [9.17, 15) is 0 Å². The molecule has 3 N–H and O–H groups in total. The third kappa shape index (κ3) is 3.68. The third-order valence-corrected chi connectivity index (χ3v) is 2.74. The van der Waals surface area contributed by atoms with Crippen LogP contribution < -0.4 is 15.8 Å². The molecule has 0 aliphatic heterocycles. The second-order valence-electron chi connectivity index (χ2n) is 4.39. The molecule has 0 aliphatic carbocycles. The Kier molecular flexibility index (Phi) is 4.90. The average Bonchev–Trinajstić information content (AvgIpc) is 2.46. The highest BCUT2D eigenvalue weighted by molar-refractivity contribution is 5.61. The van der Waals surface area contributed by atoms with Crippen molar-refractivity contribution < 1.29 is 4.74 Å². The molecule has 0 fully saturated rings. The summed E-state index contributed by atoms with van der Waals surface area (Å²) in [7, 11) is 0. The predicted octanol–water partition coefficient (Wildman–Crippen LogP) is 2.22. The molecule has 0 bridgehead atoms. The normalized spacial score (nSPS) is 10.3. The van der Waals surface area contributed by atoms with Gasteiger partial charge in [-0.05, 0) is 44.2 Å². The smallest absolute Gasteiger partial charge is 0.223 e. The van der Waals surface area contributed by atoms with Crippen molar-refractivity contribution in [1.82, 2.24) is 9.97 Å². The summed E-state index contributed by atoms with van der Waals surface area (Å²) >= 11 is 0. The molecular weight excluding hydrogens is 252 g/mol. The van der Waals surface area contributed by atoms with Crippen molar-refractivity contribution in [1.29, 1.82) is 0 Å². The van der Waals surface area contributed by atoms with Crippen molar-refractivity contribution in [3.63, 3.8) is 0 Å². The van der Waals surface area contributed by atoms with Gasteiger partial charge in [0.2, 0.25) is 5.95 Å². The quantitative estimate of drug-likeness (QED) is 0.843. The van der Waals surface area contributed by atoms with Crippen LogP contribution in [0.5, 0.6) is 5.75 Å². The van der Waals surface area contributed by atoms with Gasteiger partial charge in [0.15, 0.2) is 0 Å². The van der Waals surface area contributed by atoms with Gasteiger partial charge in [0.05, 0.1) is 12.3 Å². The van der Waals surface area contributed by atoms with Crippen molar-refractivity contribution in [2.24, 2.45) is 5.73 Å². The molecule has 106 valence electrons. The van der Waals surface area contributed by atoms with E-state index >= 15 is 0 Å². The molecule has 0 radical (unpaired) electrons. The van der Waals surface area contributed by atoms with E-state index in [4.69, 9.17) is 10.5 Å². The van der Waals surface area contributed by atoms with Crippen LogP contribution in [0.4, 0.5) is 5.95 Å². The fourth-order valence-electron chi connectivity index (χ4n) is 1.87. The molecule has 1 heterocycles.